The van der Waals surface area contributed by atoms with Gasteiger partial charge in [0.25, 0.3) is 0 Å². The molecule has 1 rings (SSSR count). The Kier molecular flexibility index (Phi) is 5.29. The van der Waals surface area contributed by atoms with E-state index in [2.05, 4.69) is 12.3 Å². The van der Waals surface area contributed by atoms with Gasteiger partial charge in [-0.1, -0.05) is 6.92 Å². The molecule has 1 heterocycles. The van der Waals surface area contributed by atoms with E-state index in [4.69, 9.17) is 15.0 Å². The fourth-order valence-corrected chi connectivity index (χ4v) is 1.27. The van der Waals surface area contributed by atoms with Crippen LogP contribution in [0.15, 0.2) is 23.0 Å². The molecule has 0 aliphatic heterocycles. The van der Waals surface area contributed by atoms with Crippen LogP contribution in [0.2, 0.25) is 0 Å². The molecule has 0 aliphatic carbocycles. The highest BCUT2D eigenvalue weighted by Gasteiger charge is 2.09. The first-order valence-corrected chi connectivity index (χ1v) is 4.94. The van der Waals surface area contributed by atoms with Crippen molar-refractivity contribution in [2.24, 2.45) is 5.84 Å². The Balaban J connectivity index is 2.26. The Morgan fingerprint density at radius 1 is 1.57 bits per heavy atom. The summed E-state index contributed by atoms with van der Waals surface area (Å²) in [4.78, 5) is 0. The molecule has 4 nitrogen and oxygen atoms in total. The Labute approximate surface area is 84.4 Å². The standard InChI is InChI=1S/C10H18N2O2/c1-2-5-13-7-4-10(12-11)9-3-6-14-8-9/h3,6,8,10,12H,2,4-5,7,11H2,1H3. The Morgan fingerprint density at radius 2 is 2.43 bits per heavy atom. The predicted molar refractivity (Wildman–Crippen MR) is 54.5 cm³/mol. The monoisotopic (exact) mass is 198 g/mol. The summed E-state index contributed by atoms with van der Waals surface area (Å²) in [6.07, 6.45) is 5.25. The molecule has 1 atom stereocenters. The van der Waals surface area contributed by atoms with E-state index >= 15 is 0 Å². The zero-order valence-corrected chi connectivity index (χ0v) is 8.53. The largest absolute Gasteiger partial charge is 0.472 e. The topological polar surface area (TPSA) is 60.4 Å². The number of hydrogen-bond acceptors (Lipinski definition) is 4. The molecule has 0 aliphatic rings. The van der Waals surface area contributed by atoms with Crippen molar-refractivity contribution < 1.29 is 9.15 Å². The lowest BCUT2D eigenvalue weighted by Gasteiger charge is -2.13. The van der Waals surface area contributed by atoms with Gasteiger partial charge < -0.3 is 9.15 Å². The summed E-state index contributed by atoms with van der Waals surface area (Å²) in [7, 11) is 0. The third kappa shape index (κ3) is 3.49. The minimum absolute atomic E-state index is 0.116. The van der Waals surface area contributed by atoms with Crippen molar-refractivity contribution in [3.8, 4) is 0 Å². The summed E-state index contributed by atoms with van der Waals surface area (Å²) in [5.41, 5.74) is 3.80. The molecule has 0 bridgehead atoms. The molecule has 14 heavy (non-hydrogen) atoms. The lowest BCUT2D eigenvalue weighted by molar-refractivity contribution is 0.124. The van der Waals surface area contributed by atoms with Crippen LogP contribution in [0.25, 0.3) is 0 Å². The van der Waals surface area contributed by atoms with Crippen LogP contribution in [0, 0.1) is 0 Å². The number of hydrazine groups is 1. The summed E-state index contributed by atoms with van der Waals surface area (Å²) in [6, 6.07) is 2.02. The van der Waals surface area contributed by atoms with Gasteiger partial charge in [-0.15, -0.1) is 0 Å². The van der Waals surface area contributed by atoms with Crippen molar-refractivity contribution in [3.05, 3.63) is 24.2 Å². The average molecular weight is 198 g/mol. The highest BCUT2D eigenvalue weighted by Crippen LogP contribution is 2.15. The van der Waals surface area contributed by atoms with Gasteiger partial charge in [-0.05, 0) is 18.9 Å². The van der Waals surface area contributed by atoms with Crippen LogP contribution in [0.1, 0.15) is 31.4 Å². The van der Waals surface area contributed by atoms with Gasteiger partial charge in [-0.2, -0.15) is 0 Å². The fraction of sp³-hybridized carbons (Fsp3) is 0.600. The SMILES string of the molecule is CCCOCCC(NN)c1ccoc1. The molecule has 1 aromatic rings. The van der Waals surface area contributed by atoms with Crippen molar-refractivity contribution in [1.29, 1.82) is 0 Å². The van der Waals surface area contributed by atoms with Gasteiger partial charge in [0, 0.05) is 18.8 Å². The maximum absolute atomic E-state index is 5.43. The Morgan fingerprint density at radius 3 is 3.00 bits per heavy atom. The number of hydrogen-bond donors (Lipinski definition) is 2. The number of nitrogens with one attached hydrogen (secondary N) is 1. The summed E-state index contributed by atoms with van der Waals surface area (Å²) in [6.45, 7) is 3.62. The fourth-order valence-electron chi connectivity index (χ4n) is 1.27. The van der Waals surface area contributed by atoms with Crippen LogP contribution in [0.5, 0.6) is 0 Å². The van der Waals surface area contributed by atoms with E-state index in [9.17, 15) is 0 Å². The van der Waals surface area contributed by atoms with E-state index in [1.54, 1.807) is 12.5 Å². The molecule has 4 heteroatoms. The summed E-state index contributed by atoms with van der Waals surface area (Å²) in [5.74, 6) is 5.43. The summed E-state index contributed by atoms with van der Waals surface area (Å²) in [5, 5.41) is 0. The van der Waals surface area contributed by atoms with E-state index in [1.165, 1.54) is 0 Å². The average Bonchev–Trinajstić information content (AvgIpc) is 2.71. The first-order chi connectivity index (χ1) is 6.88. The highest BCUT2D eigenvalue weighted by molar-refractivity contribution is 5.10. The number of nitrogens with two attached hydrogens (primary N) is 1. The minimum atomic E-state index is 0.116. The molecule has 0 saturated heterocycles. The van der Waals surface area contributed by atoms with Gasteiger partial charge >= 0.3 is 0 Å². The minimum Gasteiger partial charge on any atom is -0.472 e. The second-order valence-corrected chi connectivity index (χ2v) is 3.18. The predicted octanol–water partition coefficient (Wildman–Crippen LogP) is 1.60. The van der Waals surface area contributed by atoms with Crippen molar-refractivity contribution in [2.45, 2.75) is 25.8 Å². The third-order valence-electron chi connectivity index (χ3n) is 2.05. The smallest absolute Gasteiger partial charge is 0.0950 e. The summed E-state index contributed by atoms with van der Waals surface area (Å²) < 4.78 is 10.4. The normalized spacial score (nSPS) is 13.0. The molecule has 80 valence electrons. The van der Waals surface area contributed by atoms with Crippen molar-refractivity contribution >= 4 is 0 Å². The van der Waals surface area contributed by atoms with Crippen LogP contribution in [-0.2, 0) is 4.74 Å². The van der Waals surface area contributed by atoms with E-state index in [-0.39, 0.29) is 6.04 Å². The maximum Gasteiger partial charge on any atom is 0.0950 e. The molecule has 0 spiro atoms. The zero-order chi connectivity index (χ0) is 10.2. The van der Waals surface area contributed by atoms with Crippen molar-refractivity contribution in [1.82, 2.24) is 5.43 Å². The lowest BCUT2D eigenvalue weighted by Crippen LogP contribution is -2.28. The van der Waals surface area contributed by atoms with Gasteiger partial charge in [0.2, 0.25) is 0 Å². The third-order valence-corrected chi connectivity index (χ3v) is 2.05. The lowest BCUT2D eigenvalue weighted by atomic mass is 10.1. The van der Waals surface area contributed by atoms with Crippen molar-refractivity contribution in [3.63, 3.8) is 0 Å². The van der Waals surface area contributed by atoms with Gasteiger partial charge in [-0.3, -0.25) is 11.3 Å². The number of furan rings is 1. The van der Waals surface area contributed by atoms with E-state index in [0.29, 0.717) is 6.61 Å². The first kappa shape index (κ1) is 11.2. The molecular formula is C10H18N2O2. The Hall–Kier alpha value is -0.840. The quantitative estimate of drug-likeness (QED) is 0.397. The summed E-state index contributed by atoms with van der Waals surface area (Å²) >= 11 is 0. The van der Waals surface area contributed by atoms with E-state index in [1.807, 2.05) is 6.07 Å². The van der Waals surface area contributed by atoms with Crippen LogP contribution < -0.4 is 11.3 Å². The van der Waals surface area contributed by atoms with Crippen LogP contribution in [0.4, 0.5) is 0 Å². The maximum atomic E-state index is 5.43. The van der Waals surface area contributed by atoms with E-state index < -0.39 is 0 Å². The molecule has 0 aromatic carbocycles. The molecule has 1 aromatic heterocycles. The second kappa shape index (κ2) is 6.59. The number of rotatable bonds is 7. The molecule has 0 saturated carbocycles. The highest BCUT2D eigenvalue weighted by atomic mass is 16.5. The Bertz CT molecular complexity index is 224. The van der Waals surface area contributed by atoms with Crippen LogP contribution in [-0.4, -0.2) is 13.2 Å². The van der Waals surface area contributed by atoms with Gasteiger partial charge in [0.05, 0.1) is 18.6 Å². The van der Waals surface area contributed by atoms with Gasteiger partial charge in [0.1, 0.15) is 0 Å². The molecular weight excluding hydrogens is 180 g/mol. The van der Waals surface area contributed by atoms with Crippen LogP contribution >= 0.6 is 0 Å². The van der Waals surface area contributed by atoms with E-state index in [0.717, 1.165) is 25.0 Å². The molecule has 3 N–H and O–H groups in total. The van der Waals surface area contributed by atoms with Gasteiger partial charge in [0.15, 0.2) is 0 Å². The van der Waals surface area contributed by atoms with Crippen molar-refractivity contribution in [2.75, 3.05) is 13.2 Å². The second-order valence-electron chi connectivity index (χ2n) is 3.18. The van der Waals surface area contributed by atoms with Gasteiger partial charge in [-0.25, -0.2) is 0 Å². The molecule has 0 radical (unpaired) electrons. The first-order valence-electron chi connectivity index (χ1n) is 4.94. The zero-order valence-electron chi connectivity index (χ0n) is 8.53. The van der Waals surface area contributed by atoms with Crippen LogP contribution in [0.3, 0.4) is 0 Å². The molecule has 0 amide bonds. The number of ether oxygens (including phenoxy) is 1. The molecule has 0 fully saturated rings. The molecule has 1 unspecified atom stereocenters.